The van der Waals surface area contributed by atoms with Gasteiger partial charge in [-0.05, 0) is 43.4 Å². The van der Waals surface area contributed by atoms with E-state index in [4.69, 9.17) is 28.8 Å². The SMILES string of the molecule is CC(C)C[C@H](N)C(=O)N(C(=O)c1cccc(Cl)c1)[C@H](C=O)CCCN=C(N)N.Cl. The van der Waals surface area contributed by atoms with Gasteiger partial charge in [-0.25, -0.2) is 0 Å². The standard InChI is InChI=1S/C19H28ClN5O3.ClH/c1-12(2)9-16(21)18(28)25(15(11-26)7-4-8-24-19(22)23)17(27)13-5-3-6-14(20)10-13;/h3,5-6,10-12,15-16H,4,7-9,21H2,1-2H3,(H4,22,23,24);1H/t15-,16-;/m0./s1. The summed E-state index contributed by atoms with van der Waals surface area (Å²) in [5.41, 5.74) is 16.8. The second-order valence-electron chi connectivity index (χ2n) is 6.91. The average molecular weight is 446 g/mol. The highest BCUT2D eigenvalue weighted by Crippen LogP contribution is 2.18. The van der Waals surface area contributed by atoms with Crippen LogP contribution in [0.4, 0.5) is 0 Å². The molecule has 1 aromatic carbocycles. The largest absolute Gasteiger partial charge is 0.370 e. The van der Waals surface area contributed by atoms with Gasteiger partial charge in [0, 0.05) is 17.1 Å². The maximum atomic E-state index is 13.0. The number of hydrogen-bond acceptors (Lipinski definition) is 5. The van der Waals surface area contributed by atoms with Gasteiger partial charge < -0.3 is 22.0 Å². The number of carbonyl (C=O) groups is 3. The molecule has 10 heteroatoms. The molecule has 0 fully saturated rings. The van der Waals surface area contributed by atoms with Gasteiger partial charge in [-0.15, -0.1) is 12.4 Å². The van der Waals surface area contributed by atoms with E-state index in [0.29, 0.717) is 24.2 Å². The van der Waals surface area contributed by atoms with E-state index >= 15 is 0 Å². The minimum Gasteiger partial charge on any atom is -0.370 e. The fourth-order valence-electron chi connectivity index (χ4n) is 2.73. The topological polar surface area (TPSA) is 145 Å². The van der Waals surface area contributed by atoms with Crippen molar-refractivity contribution in [2.75, 3.05) is 6.54 Å². The fraction of sp³-hybridized carbons (Fsp3) is 0.474. The van der Waals surface area contributed by atoms with Gasteiger partial charge in [0.25, 0.3) is 5.91 Å². The first kappa shape index (κ1) is 26.8. The van der Waals surface area contributed by atoms with Gasteiger partial charge in [-0.3, -0.25) is 19.5 Å². The van der Waals surface area contributed by atoms with Crippen molar-refractivity contribution < 1.29 is 14.4 Å². The Kier molecular flexibility index (Phi) is 12.2. The Balaban J connectivity index is 0.00000784. The molecule has 0 saturated heterocycles. The van der Waals surface area contributed by atoms with Crippen molar-refractivity contribution in [3.05, 3.63) is 34.9 Å². The Hall–Kier alpha value is -2.16. The van der Waals surface area contributed by atoms with Crippen LogP contribution < -0.4 is 17.2 Å². The Labute approximate surface area is 182 Å². The van der Waals surface area contributed by atoms with Crippen molar-refractivity contribution in [1.29, 1.82) is 0 Å². The minimum absolute atomic E-state index is 0. The molecule has 0 aliphatic rings. The smallest absolute Gasteiger partial charge is 0.261 e. The minimum atomic E-state index is -0.980. The van der Waals surface area contributed by atoms with E-state index in [-0.39, 0.29) is 42.8 Å². The molecule has 29 heavy (non-hydrogen) atoms. The molecule has 0 unspecified atom stereocenters. The molecule has 0 radical (unpaired) electrons. The zero-order valence-electron chi connectivity index (χ0n) is 16.6. The van der Waals surface area contributed by atoms with Gasteiger partial charge in [-0.2, -0.15) is 0 Å². The summed E-state index contributed by atoms with van der Waals surface area (Å²) in [5.74, 6) is -1.13. The molecular weight excluding hydrogens is 417 g/mol. The average Bonchev–Trinajstić information content (AvgIpc) is 2.62. The van der Waals surface area contributed by atoms with Gasteiger partial charge in [0.15, 0.2) is 5.96 Å². The molecule has 8 nitrogen and oxygen atoms in total. The second kappa shape index (κ2) is 13.1. The molecule has 1 aromatic rings. The van der Waals surface area contributed by atoms with Gasteiger partial charge in [0.2, 0.25) is 5.91 Å². The Morgan fingerprint density at radius 2 is 1.93 bits per heavy atom. The lowest BCUT2D eigenvalue weighted by Crippen LogP contribution is -2.52. The van der Waals surface area contributed by atoms with Gasteiger partial charge in [0.05, 0.1) is 12.1 Å². The number of rotatable bonds is 10. The quantitative estimate of drug-likeness (QED) is 0.216. The summed E-state index contributed by atoms with van der Waals surface area (Å²) in [6.07, 6.45) is 1.58. The number of nitrogens with two attached hydrogens (primary N) is 3. The van der Waals surface area contributed by atoms with Crippen molar-refractivity contribution in [2.45, 2.75) is 45.2 Å². The highest BCUT2D eigenvalue weighted by molar-refractivity contribution is 6.31. The summed E-state index contributed by atoms with van der Waals surface area (Å²) in [5, 5.41) is 0.347. The van der Waals surface area contributed by atoms with Gasteiger partial charge in [-0.1, -0.05) is 31.5 Å². The van der Waals surface area contributed by atoms with Crippen LogP contribution in [0.1, 0.15) is 43.5 Å². The normalized spacial score (nSPS) is 12.4. The number of halogens is 2. The van der Waals surface area contributed by atoms with E-state index in [1.54, 1.807) is 12.1 Å². The van der Waals surface area contributed by atoms with E-state index in [1.807, 2.05) is 13.8 Å². The van der Waals surface area contributed by atoms with Crippen LogP contribution in [-0.4, -0.2) is 47.6 Å². The van der Waals surface area contributed by atoms with Crippen LogP contribution in [0.3, 0.4) is 0 Å². The highest BCUT2D eigenvalue weighted by Gasteiger charge is 2.33. The van der Waals surface area contributed by atoms with Crippen molar-refractivity contribution in [3.8, 4) is 0 Å². The number of amides is 2. The molecule has 162 valence electrons. The predicted molar refractivity (Wildman–Crippen MR) is 117 cm³/mol. The first-order valence-corrected chi connectivity index (χ1v) is 9.44. The molecule has 2 atom stereocenters. The van der Waals surface area contributed by atoms with Crippen molar-refractivity contribution in [3.63, 3.8) is 0 Å². The summed E-state index contributed by atoms with van der Waals surface area (Å²) in [7, 11) is 0. The summed E-state index contributed by atoms with van der Waals surface area (Å²) in [6, 6.07) is 4.31. The molecule has 0 saturated carbocycles. The number of aldehydes is 1. The van der Waals surface area contributed by atoms with Crippen LogP contribution in [0.2, 0.25) is 5.02 Å². The first-order valence-electron chi connectivity index (χ1n) is 9.06. The van der Waals surface area contributed by atoms with Crippen LogP contribution in [0, 0.1) is 5.92 Å². The van der Waals surface area contributed by atoms with Crippen molar-refractivity contribution in [2.24, 2.45) is 28.1 Å². The summed E-state index contributed by atoms with van der Waals surface area (Å²) < 4.78 is 0. The number of imide groups is 1. The Morgan fingerprint density at radius 3 is 2.45 bits per heavy atom. The lowest BCUT2D eigenvalue weighted by Gasteiger charge is -2.29. The molecule has 2 amide bonds. The van der Waals surface area contributed by atoms with Gasteiger partial charge >= 0.3 is 0 Å². The summed E-state index contributed by atoms with van der Waals surface area (Å²) in [4.78, 5) is 42.5. The van der Waals surface area contributed by atoms with Crippen LogP contribution in [0.15, 0.2) is 29.3 Å². The van der Waals surface area contributed by atoms with Gasteiger partial charge in [0.1, 0.15) is 6.29 Å². The lowest BCUT2D eigenvalue weighted by atomic mass is 10.0. The summed E-state index contributed by atoms with van der Waals surface area (Å²) >= 11 is 5.96. The molecule has 0 aliphatic heterocycles. The third-order valence-electron chi connectivity index (χ3n) is 4.01. The van der Waals surface area contributed by atoms with Crippen LogP contribution >= 0.6 is 24.0 Å². The Morgan fingerprint density at radius 1 is 1.28 bits per heavy atom. The number of nitrogens with zero attached hydrogens (tertiary/aromatic N) is 2. The first-order chi connectivity index (χ1) is 13.2. The number of hydrogen-bond donors (Lipinski definition) is 3. The number of aliphatic imine (C=N–C) groups is 1. The molecular formula is C19H29Cl2N5O3. The van der Waals surface area contributed by atoms with E-state index in [9.17, 15) is 14.4 Å². The lowest BCUT2D eigenvalue weighted by molar-refractivity contribution is -0.135. The van der Waals surface area contributed by atoms with Crippen molar-refractivity contribution >= 4 is 48.1 Å². The highest BCUT2D eigenvalue weighted by atomic mass is 35.5. The molecule has 1 rings (SSSR count). The molecule has 0 spiro atoms. The van der Waals surface area contributed by atoms with Crippen molar-refractivity contribution in [1.82, 2.24) is 4.90 Å². The number of benzene rings is 1. The van der Waals surface area contributed by atoms with E-state index in [1.165, 1.54) is 12.1 Å². The Bertz CT molecular complexity index is 724. The molecule has 0 bridgehead atoms. The molecule has 0 aromatic heterocycles. The van der Waals surface area contributed by atoms with Crippen LogP contribution in [0.25, 0.3) is 0 Å². The molecule has 0 heterocycles. The van der Waals surface area contributed by atoms with E-state index in [0.717, 1.165) is 4.90 Å². The fourth-order valence-corrected chi connectivity index (χ4v) is 2.92. The van der Waals surface area contributed by atoms with E-state index < -0.39 is 23.9 Å². The monoisotopic (exact) mass is 445 g/mol. The third kappa shape index (κ3) is 8.81. The maximum absolute atomic E-state index is 13.0. The third-order valence-corrected chi connectivity index (χ3v) is 4.25. The molecule has 6 N–H and O–H groups in total. The predicted octanol–water partition coefficient (Wildman–Crippen LogP) is 1.73. The molecule has 0 aliphatic carbocycles. The zero-order valence-corrected chi connectivity index (χ0v) is 18.2. The zero-order chi connectivity index (χ0) is 21.3. The van der Waals surface area contributed by atoms with Crippen LogP contribution in [0.5, 0.6) is 0 Å². The number of guanidine groups is 1. The van der Waals surface area contributed by atoms with E-state index in [2.05, 4.69) is 4.99 Å². The summed E-state index contributed by atoms with van der Waals surface area (Å²) in [6.45, 7) is 4.11. The maximum Gasteiger partial charge on any atom is 0.261 e. The second-order valence-corrected chi connectivity index (χ2v) is 7.35. The van der Waals surface area contributed by atoms with Crippen LogP contribution in [-0.2, 0) is 9.59 Å². The number of carbonyl (C=O) groups excluding carboxylic acids is 3.